The summed E-state index contributed by atoms with van der Waals surface area (Å²) in [7, 11) is 0. The molecule has 2 N–H and O–H groups in total. The van der Waals surface area contributed by atoms with Gasteiger partial charge in [0.2, 0.25) is 0 Å². The highest BCUT2D eigenvalue weighted by atomic mass is 19.1. The Labute approximate surface area is 104 Å². The standard InChI is InChI=1S/C14H13F2NO/c1-9-2-3-14(13(17)4-9)18-8-10-5-11(15)7-12(16)6-10/h2-7H,8,17H2,1H3. The molecule has 2 aromatic carbocycles. The number of nitrogens with two attached hydrogens (primary N) is 1. The zero-order chi connectivity index (χ0) is 13.1. The topological polar surface area (TPSA) is 35.2 Å². The molecule has 0 unspecified atom stereocenters. The number of benzene rings is 2. The van der Waals surface area contributed by atoms with Crippen molar-refractivity contribution >= 4 is 5.69 Å². The zero-order valence-corrected chi connectivity index (χ0v) is 9.91. The molecule has 0 spiro atoms. The van der Waals surface area contributed by atoms with Gasteiger partial charge in [0.25, 0.3) is 0 Å². The van der Waals surface area contributed by atoms with Crippen molar-refractivity contribution in [2.24, 2.45) is 0 Å². The van der Waals surface area contributed by atoms with E-state index in [1.807, 2.05) is 13.0 Å². The third kappa shape index (κ3) is 2.97. The van der Waals surface area contributed by atoms with E-state index in [2.05, 4.69) is 0 Å². The van der Waals surface area contributed by atoms with Crippen molar-refractivity contribution in [1.29, 1.82) is 0 Å². The van der Waals surface area contributed by atoms with Crippen molar-refractivity contribution in [1.82, 2.24) is 0 Å². The minimum Gasteiger partial charge on any atom is -0.487 e. The van der Waals surface area contributed by atoms with Crippen LogP contribution in [-0.2, 0) is 6.61 Å². The van der Waals surface area contributed by atoms with Gasteiger partial charge in [0.05, 0.1) is 5.69 Å². The van der Waals surface area contributed by atoms with E-state index in [9.17, 15) is 8.78 Å². The first-order valence-corrected chi connectivity index (χ1v) is 5.48. The summed E-state index contributed by atoms with van der Waals surface area (Å²) in [5.74, 6) is -0.735. The Morgan fingerprint density at radius 1 is 1.06 bits per heavy atom. The number of ether oxygens (including phenoxy) is 1. The number of hydrogen-bond acceptors (Lipinski definition) is 2. The molecule has 0 heterocycles. The first kappa shape index (κ1) is 12.4. The van der Waals surface area contributed by atoms with Gasteiger partial charge in [-0.05, 0) is 42.3 Å². The quantitative estimate of drug-likeness (QED) is 0.846. The normalized spacial score (nSPS) is 10.4. The van der Waals surface area contributed by atoms with Gasteiger partial charge in [0, 0.05) is 6.07 Å². The summed E-state index contributed by atoms with van der Waals surface area (Å²) in [4.78, 5) is 0. The van der Waals surface area contributed by atoms with Crippen LogP contribution in [0.5, 0.6) is 5.75 Å². The number of nitrogen functional groups attached to an aromatic ring is 1. The van der Waals surface area contributed by atoms with Crippen LogP contribution in [-0.4, -0.2) is 0 Å². The highest BCUT2D eigenvalue weighted by Gasteiger charge is 2.04. The molecule has 0 aliphatic heterocycles. The van der Waals surface area contributed by atoms with E-state index in [0.717, 1.165) is 11.6 Å². The number of rotatable bonds is 3. The predicted molar refractivity (Wildman–Crippen MR) is 66.3 cm³/mol. The Bertz CT molecular complexity index is 549. The third-order valence-electron chi connectivity index (χ3n) is 2.48. The van der Waals surface area contributed by atoms with Gasteiger partial charge in [-0.2, -0.15) is 0 Å². The summed E-state index contributed by atoms with van der Waals surface area (Å²) >= 11 is 0. The monoisotopic (exact) mass is 249 g/mol. The van der Waals surface area contributed by atoms with Crippen molar-refractivity contribution in [3.8, 4) is 5.75 Å². The maximum absolute atomic E-state index is 13.0. The van der Waals surface area contributed by atoms with Crippen molar-refractivity contribution in [2.75, 3.05) is 5.73 Å². The fraction of sp³-hybridized carbons (Fsp3) is 0.143. The van der Waals surface area contributed by atoms with E-state index in [-0.39, 0.29) is 6.61 Å². The van der Waals surface area contributed by atoms with E-state index in [4.69, 9.17) is 10.5 Å². The summed E-state index contributed by atoms with van der Waals surface area (Å²) in [5, 5.41) is 0. The molecule has 4 heteroatoms. The van der Waals surface area contributed by atoms with Gasteiger partial charge < -0.3 is 10.5 Å². The maximum Gasteiger partial charge on any atom is 0.142 e. The molecule has 0 bridgehead atoms. The van der Waals surface area contributed by atoms with Gasteiger partial charge in [-0.25, -0.2) is 8.78 Å². The molecule has 0 aromatic heterocycles. The first-order valence-electron chi connectivity index (χ1n) is 5.48. The zero-order valence-electron chi connectivity index (χ0n) is 9.91. The van der Waals surface area contributed by atoms with Crippen molar-refractivity contribution in [3.63, 3.8) is 0 Å². The van der Waals surface area contributed by atoms with Gasteiger partial charge in [-0.1, -0.05) is 6.07 Å². The van der Waals surface area contributed by atoms with Gasteiger partial charge in [-0.3, -0.25) is 0 Å². The molecule has 2 rings (SSSR count). The van der Waals surface area contributed by atoms with Crippen LogP contribution in [0.1, 0.15) is 11.1 Å². The summed E-state index contributed by atoms with van der Waals surface area (Å²) in [6.07, 6.45) is 0. The minimum atomic E-state index is -0.620. The van der Waals surface area contributed by atoms with Crippen LogP contribution in [0.4, 0.5) is 14.5 Å². The molecule has 2 aromatic rings. The van der Waals surface area contributed by atoms with E-state index in [0.29, 0.717) is 17.0 Å². The largest absolute Gasteiger partial charge is 0.487 e. The second kappa shape index (κ2) is 5.04. The molecule has 2 nitrogen and oxygen atoms in total. The Hall–Kier alpha value is -2.10. The molecule has 18 heavy (non-hydrogen) atoms. The van der Waals surface area contributed by atoms with Crippen LogP contribution in [0.2, 0.25) is 0 Å². The van der Waals surface area contributed by atoms with Crippen LogP contribution in [0, 0.1) is 18.6 Å². The summed E-state index contributed by atoms with van der Waals surface area (Å²) < 4.78 is 31.4. The van der Waals surface area contributed by atoms with E-state index < -0.39 is 11.6 Å². The van der Waals surface area contributed by atoms with Crippen LogP contribution in [0.15, 0.2) is 36.4 Å². The lowest BCUT2D eigenvalue weighted by Gasteiger charge is -2.09. The Balaban J connectivity index is 2.11. The first-order chi connectivity index (χ1) is 8.54. The maximum atomic E-state index is 13.0. The number of halogens is 2. The summed E-state index contributed by atoms with van der Waals surface area (Å²) in [6, 6.07) is 8.66. The second-order valence-corrected chi connectivity index (χ2v) is 4.11. The fourth-order valence-corrected chi connectivity index (χ4v) is 1.65. The summed E-state index contributed by atoms with van der Waals surface area (Å²) in [6.45, 7) is 1.99. The molecule has 0 saturated heterocycles. The van der Waals surface area contributed by atoms with Gasteiger partial charge in [0.1, 0.15) is 24.0 Å². The summed E-state index contributed by atoms with van der Waals surface area (Å²) in [5.41, 5.74) is 7.73. The smallest absolute Gasteiger partial charge is 0.142 e. The average Bonchev–Trinajstić information content (AvgIpc) is 2.26. The van der Waals surface area contributed by atoms with E-state index in [1.54, 1.807) is 12.1 Å². The molecule has 94 valence electrons. The number of hydrogen-bond donors (Lipinski definition) is 1. The van der Waals surface area contributed by atoms with E-state index in [1.165, 1.54) is 12.1 Å². The lowest BCUT2D eigenvalue weighted by atomic mass is 10.2. The number of aryl methyl sites for hydroxylation is 1. The highest BCUT2D eigenvalue weighted by Crippen LogP contribution is 2.23. The number of anilines is 1. The molecule has 0 atom stereocenters. The molecule has 0 saturated carbocycles. The van der Waals surface area contributed by atoms with Crippen LogP contribution in [0.25, 0.3) is 0 Å². The third-order valence-corrected chi connectivity index (χ3v) is 2.48. The van der Waals surface area contributed by atoms with Crippen molar-refractivity contribution < 1.29 is 13.5 Å². The van der Waals surface area contributed by atoms with Gasteiger partial charge >= 0.3 is 0 Å². The van der Waals surface area contributed by atoms with Crippen LogP contribution in [0.3, 0.4) is 0 Å². The lowest BCUT2D eigenvalue weighted by Crippen LogP contribution is -2.00. The van der Waals surface area contributed by atoms with Crippen LogP contribution >= 0.6 is 0 Å². The molecule has 0 amide bonds. The van der Waals surface area contributed by atoms with Gasteiger partial charge in [-0.15, -0.1) is 0 Å². The highest BCUT2D eigenvalue weighted by molar-refractivity contribution is 5.54. The second-order valence-electron chi connectivity index (χ2n) is 4.11. The van der Waals surface area contributed by atoms with E-state index >= 15 is 0 Å². The Kier molecular flexibility index (Phi) is 3.46. The minimum absolute atomic E-state index is 0.0714. The average molecular weight is 249 g/mol. The molecular weight excluding hydrogens is 236 g/mol. The van der Waals surface area contributed by atoms with Gasteiger partial charge in [0.15, 0.2) is 0 Å². The molecule has 0 fully saturated rings. The molecule has 0 radical (unpaired) electrons. The molecule has 0 aliphatic carbocycles. The Morgan fingerprint density at radius 3 is 2.33 bits per heavy atom. The fourth-order valence-electron chi connectivity index (χ4n) is 1.65. The Morgan fingerprint density at radius 2 is 1.72 bits per heavy atom. The van der Waals surface area contributed by atoms with Crippen LogP contribution < -0.4 is 10.5 Å². The molecular formula is C14H13F2NO. The molecule has 0 aliphatic rings. The van der Waals surface area contributed by atoms with Crippen molar-refractivity contribution in [3.05, 3.63) is 59.2 Å². The van der Waals surface area contributed by atoms with Crippen molar-refractivity contribution in [2.45, 2.75) is 13.5 Å². The SMILES string of the molecule is Cc1ccc(OCc2cc(F)cc(F)c2)c(N)c1. The lowest BCUT2D eigenvalue weighted by molar-refractivity contribution is 0.306. The predicted octanol–water partition coefficient (Wildman–Crippen LogP) is 3.43.